The van der Waals surface area contributed by atoms with Crippen molar-refractivity contribution in [1.29, 1.82) is 5.26 Å². The summed E-state index contributed by atoms with van der Waals surface area (Å²) < 4.78 is 0. The van der Waals surface area contributed by atoms with E-state index in [4.69, 9.17) is 16.9 Å². The molecule has 0 spiro atoms. The molecule has 0 aliphatic carbocycles. The zero-order chi connectivity index (χ0) is 14.5. The molecular weight excluding hydrogens is 276 g/mol. The molecule has 6 nitrogen and oxygen atoms in total. The van der Waals surface area contributed by atoms with Gasteiger partial charge in [-0.05, 0) is 31.5 Å². The number of nitrogens with zero attached hydrogens (tertiary/aromatic N) is 6. The lowest BCUT2D eigenvalue weighted by atomic mass is 10.2. The van der Waals surface area contributed by atoms with Crippen molar-refractivity contribution in [3.8, 4) is 17.5 Å². The van der Waals surface area contributed by atoms with E-state index in [9.17, 15) is 0 Å². The molecule has 2 heterocycles. The molecule has 2 aromatic rings. The maximum Gasteiger partial charge on any atom is 0.230 e. The molecule has 0 radical (unpaired) electrons. The number of anilines is 1. The Morgan fingerprint density at radius 3 is 2.60 bits per heavy atom. The summed E-state index contributed by atoms with van der Waals surface area (Å²) in [4.78, 5) is 18.6. The Hall–Kier alpha value is -2.26. The zero-order valence-corrected chi connectivity index (χ0v) is 12.0. The fraction of sp³-hybridized carbons (Fsp3) is 0.308. The van der Waals surface area contributed by atoms with Crippen molar-refractivity contribution >= 4 is 17.5 Å². The van der Waals surface area contributed by atoms with Gasteiger partial charge in [-0.2, -0.15) is 20.2 Å². The van der Waals surface area contributed by atoms with Crippen molar-refractivity contribution in [1.82, 2.24) is 19.9 Å². The molecular formula is C13H13ClN6. The molecule has 0 saturated carbocycles. The summed E-state index contributed by atoms with van der Waals surface area (Å²) in [6, 6.07) is 3.71. The van der Waals surface area contributed by atoms with Crippen molar-refractivity contribution < 1.29 is 0 Å². The van der Waals surface area contributed by atoms with Crippen molar-refractivity contribution in [3.05, 3.63) is 29.3 Å². The number of aromatic nitrogens is 4. The molecule has 0 aliphatic heterocycles. The summed E-state index contributed by atoms with van der Waals surface area (Å²) in [6.45, 7) is 5.57. The van der Waals surface area contributed by atoms with Gasteiger partial charge in [0, 0.05) is 31.0 Å². The van der Waals surface area contributed by atoms with Gasteiger partial charge < -0.3 is 4.90 Å². The van der Waals surface area contributed by atoms with E-state index in [1.165, 1.54) is 6.20 Å². The predicted octanol–water partition coefficient (Wildman–Crippen LogP) is 2.30. The Morgan fingerprint density at radius 1 is 1.20 bits per heavy atom. The van der Waals surface area contributed by atoms with Crippen LogP contribution in [0.4, 0.5) is 5.95 Å². The number of nitriles is 1. The minimum absolute atomic E-state index is 0.124. The Bertz CT molecular complexity index is 648. The second kappa shape index (κ2) is 6.26. The molecule has 0 fully saturated rings. The van der Waals surface area contributed by atoms with Crippen LogP contribution in [0, 0.1) is 11.3 Å². The van der Waals surface area contributed by atoms with E-state index in [1.54, 1.807) is 12.3 Å². The van der Waals surface area contributed by atoms with Crippen molar-refractivity contribution in [2.45, 2.75) is 13.8 Å². The molecule has 0 N–H and O–H groups in total. The van der Waals surface area contributed by atoms with E-state index in [2.05, 4.69) is 19.9 Å². The summed E-state index contributed by atoms with van der Waals surface area (Å²) in [5.74, 6) is 0.934. The smallest absolute Gasteiger partial charge is 0.230 e. The van der Waals surface area contributed by atoms with E-state index in [-0.39, 0.29) is 5.28 Å². The van der Waals surface area contributed by atoms with Gasteiger partial charge in [0.25, 0.3) is 0 Å². The summed E-state index contributed by atoms with van der Waals surface area (Å²) in [6.07, 6.45) is 3.08. The number of hydrogen-bond donors (Lipinski definition) is 0. The molecule has 2 rings (SSSR count). The van der Waals surface area contributed by atoms with Crippen LogP contribution in [0.1, 0.15) is 19.4 Å². The van der Waals surface area contributed by atoms with Gasteiger partial charge in [-0.15, -0.1) is 0 Å². The average Bonchev–Trinajstić information content (AvgIpc) is 2.48. The first-order valence-electron chi connectivity index (χ1n) is 6.20. The molecule has 0 aromatic carbocycles. The first-order valence-corrected chi connectivity index (χ1v) is 6.57. The molecule has 0 amide bonds. The number of halogens is 1. The van der Waals surface area contributed by atoms with Gasteiger partial charge in [-0.3, -0.25) is 4.98 Å². The molecule has 102 valence electrons. The van der Waals surface area contributed by atoms with Crippen molar-refractivity contribution in [3.63, 3.8) is 0 Å². The highest BCUT2D eigenvalue weighted by atomic mass is 35.5. The fourth-order valence-corrected chi connectivity index (χ4v) is 1.90. The lowest BCUT2D eigenvalue weighted by Crippen LogP contribution is -2.24. The lowest BCUT2D eigenvalue weighted by molar-refractivity contribution is 0.813. The summed E-state index contributed by atoms with van der Waals surface area (Å²) >= 11 is 5.96. The summed E-state index contributed by atoms with van der Waals surface area (Å²) in [5, 5.41) is 9.03. The first kappa shape index (κ1) is 14.2. The summed E-state index contributed by atoms with van der Waals surface area (Å²) in [7, 11) is 0. The minimum atomic E-state index is 0.124. The van der Waals surface area contributed by atoms with Crippen LogP contribution in [-0.4, -0.2) is 33.0 Å². The molecule has 0 bridgehead atoms. The number of rotatable bonds is 4. The molecule has 0 unspecified atom stereocenters. The largest absolute Gasteiger partial charge is 0.341 e. The van der Waals surface area contributed by atoms with Crippen LogP contribution in [0.5, 0.6) is 0 Å². The monoisotopic (exact) mass is 288 g/mol. The van der Waals surface area contributed by atoms with Crippen LogP contribution in [0.2, 0.25) is 5.28 Å². The highest BCUT2D eigenvalue weighted by Gasteiger charge is 2.12. The standard InChI is InChI=1S/C13H13ClN6/c1-3-20(4-2)13-18-11(17-12(14)19-13)10-5-9(6-15)7-16-8-10/h5,7-8H,3-4H2,1-2H3. The van der Waals surface area contributed by atoms with Gasteiger partial charge in [-0.25, -0.2) is 0 Å². The van der Waals surface area contributed by atoms with E-state index >= 15 is 0 Å². The first-order chi connectivity index (χ1) is 9.67. The predicted molar refractivity (Wildman–Crippen MR) is 76.3 cm³/mol. The fourth-order valence-electron chi connectivity index (χ4n) is 1.74. The zero-order valence-electron chi connectivity index (χ0n) is 11.2. The molecule has 0 atom stereocenters. The maximum atomic E-state index is 8.91. The van der Waals surface area contributed by atoms with Gasteiger partial charge in [0.2, 0.25) is 11.2 Å². The van der Waals surface area contributed by atoms with Gasteiger partial charge in [0.05, 0.1) is 5.56 Å². The van der Waals surface area contributed by atoms with Gasteiger partial charge >= 0.3 is 0 Å². The minimum Gasteiger partial charge on any atom is -0.341 e. The lowest BCUT2D eigenvalue weighted by Gasteiger charge is -2.18. The van der Waals surface area contributed by atoms with E-state index in [0.29, 0.717) is 22.9 Å². The normalized spacial score (nSPS) is 10.1. The maximum absolute atomic E-state index is 8.91. The number of hydrogen-bond acceptors (Lipinski definition) is 6. The molecule has 0 aliphatic rings. The van der Waals surface area contributed by atoms with E-state index in [1.807, 2.05) is 24.8 Å². The highest BCUT2D eigenvalue weighted by molar-refractivity contribution is 6.28. The van der Waals surface area contributed by atoms with Crippen molar-refractivity contribution in [2.75, 3.05) is 18.0 Å². The van der Waals surface area contributed by atoms with Crippen LogP contribution in [0.25, 0.3) is 11.4 Å². The summed E-state index contributed by atoms with van der Waals surface area (Å²) in [5.41, 5.74) is 1.09. The third-order valence-electron chi connectivity index (χ3n) is 2.77. The SMILES string of the molecule is CCN(CC)c1nc(Cl)nc(-c2cncc(C#N)c2)n1. The number of pyridine rings is 1. The topological polar surface area (TPSA) is 78.6 Å². The molecule has 0 saturated heterocycles. The van der Waals surface area contributed by atoms with Crippen LogP contribution >= 0.6 is 11.6 Å². The van der Waals surface area contributed by atoms with Crippen LogP contribution in [0.15, 0.2) is 18.5 Å². The van der Waals surface area contributed by atoms with Gasteiger partial charge in [-0.1, -0.05) is 0 Å². The van der Waals surface area contributed by atoms with Crippen LogP contribution in [-0.2, 0) is 0 Å². The quantitative estimate of drug-likeness (QED) is 0.859. The second-order valence-corrected chi connectivity index (χ2v) is 4.31. The second-order valence-electron chi connectivity index (χ2n) is 3.97. The highest BCUT2D eigenvalue weighted by Crippen LogP contribution is 2.19. The van der Waals surface area contributed by atoms with Gasteiger partial charge in [0.1, 0.15) is 6.07 Å². The Morgan fingerprint density at radius 2 is 1.95 bits per heavy atom. The third-order valence-corrected chi connectivity index (χ3v) is 2.94. The average molecular weight is 289 g/mol. The Kier molecular flexibility index (Phi) is 4.43. The van der Waals surface area contributed by atoms with Crippen LogP contribution in [0.3, 0.4) is 0 Å². The Labute approximate surface area is 122 Å². The van der Waals surface area contributed by atoms with Crippen molar-refractivity contribution in [2.24, 2.45) is 0 Å². The Balaban J connectivity index is 2.49. The third kappa shape index (κ3) is 3.00. The van der Waals surface area contributed by atoms with E-state index in [0.717, 1.165) is 13.1 Å². The van der Waals surface area contributed by atoms with E-state index < -0.39 is 0 Å². The molecule has 2 aromatic heterocycles. The molecule has 20 heavy (non-hydrogen) atoms. The molecule has 7 heteroatoms. The van der Waals surface area contributed by atoms with Gasteiger partial charge in [0.15, 0.2) is 5.82 Å². The van der Waals surface area contributed by atoms with Crippen LogP contribution < -0.4 is 4.90 Å².